The average Bonchev–Trinajstić information content (AvgIpc) is 3.43. The van der Waals surface area contributed by atoms with E-state index in [1.54, 1.807) is 39.2 Å². The molecule has 1 N–H and O–H groups in total. The van der Waals surface area contributed by atoms with Crippen molar-refractivity contribution >= 4 is 33.3 Å². The third-order valence-corrected chi connectivity index (χ3v) is 7.47. The van der Waals surface area contributed by atoms with Gasteiger partial charge in [-0.15, -0.1) is 11.3 Å². The van der Waals surface area contributed by atoms with E-state index in [-0.39, 0.29) is 17.9 Å². The van der Waals surface area contributed by atoms with Gasteiger partial charge in [0.25, 0.3) is 5.56 Å². The van der Waals surface area contributed by atoms with Gasteiger partial charge in [0.1, 0.15) is 10.6 Å². The quantitative estimate of drug-likeness (QED) is 0.448. The van der Waals surface area contributed by atoms with Gasteiger partial charge in [-0.2, -0.15) is 5.10 Å². The first-order chi connectivity index (χ1) is 16.1. The smallest absolute Gasteiger partial charge is 0.262 e. The van der Waals surface area contributed by atoms with Gasteiger partial charge < -0.3 is 5.32 Å². The van der Waals surface area contributed by atoms with Crippen LogP contribution < -0.4 is 10.9 Å². The molecule has 0 bridgehead atoms. The van der Waals surface area contributed by atoms with E-state index >= 15 is 0 Å². The topological polar surface area (TPSA) is 81.8 Å². The van der Waals surface area contributed by atoms with Gasteiger partial charge in [-0.25, -0.2) is 9.67 Å². The Balaban J connectivity index is 1.25. The minimum atomic E-state index is -0.155. The van der Waals surface area contributed by atoms with E-state index in [9.17, 15) is 9.59 Å². The number of thiophene rings is 1. The molecule has 0 saturated heterocycles. The lowest BCUT2D eigenvalue weighted by molar-refractivity contribution is -0.116. The highest BCUT2D eigenvalue weighted by molar-refractivity contribution is 7.18. The molecule has 170 valence electrons. The molecule has 5 rings (SSSR count). The molecule has 3 aromatic heterocycles. The zero-order chi connectivity index (χ0) is 22.8. The summed E-state index contributed by atoms with van der Waals surface area (Å²) in [6, 6.07) is 10.2. The summed E-state index contributed by atoms with van der Waals surface area (Å²) in [5.74, 6) is 0.491. The zero-order valence-electron chi connectivity index (χ0n) is 18.7. The lowest BCUT2D eigenvalue weighted by Gasteiger charge is -2.11. The normalized spacial score (nSPS) is 13.2. The fraction of sp³-hybridized carbons (Fsp3) is 0.360. The van der Waals surface area contributed by atoms with Crippen molar-refractivity contribution in [2.45, 2.75) is 58.5 Å². The molecule has 1 aliphatic rings. The molecule has 0 atom stereocenters. The maximum atomic E-state index is 13.1. The molecule has 0 aliphatic heterocycles. The first-order valence-corrected chi connectivity index (χ1v) is 12.3. The Bertz CT molecular complexity index is 1350. The van der Waals surface area contributed by atoms with Crippen molar-refractivity contribution in [1.29, 1.82) is 0 Å². The number of nitrogens with zero attached hydrogens (tertiary/aromatic N) is 4. The van der Waals surface area contributed by atoms with E-state index in [2.05, 4.69) is 46.6 Å². The summed E-state index contributed by atoms with van der Waals surface area (Å²) in [5, 5.41) is 8.03. The SMILES string of the molecule is CCc1ccc(Cn2nccc2NC(=O)CCn2cnc3sc4c(c3c2=O)CCCC4)cc1. The second-order valence-electron chi connectivity index (χ2n) is 8.48. The highest BCUT2D eigenvalue weighted by Crippen LogP contribution is 2.33. The lowest BCUT2D eigenvalue weighted by Crippen LogP contribution is -2.24. The Morgan fingerprint density at radius 3 is 2.73 bits per heavy atom. The molecule has 33 heavy (non-hydrogen) atoms. The highest BCUT2D eigenvalue weighted by Gasteiger charge is 2.20. The molecule has 4 aromatic rings. The van der Waals surface area contributed by atoms with Crippen LogP contribution in [0.5, 0.6) is 0 Å². The first-order valence-electron chi connectivity index (χ1n) is 11.5. The lowest BCUT2D eigenvalue weighted by atomic mass is 9.97. The average molecular weight is 462 g/mol. The number of benzene rings is 1. The number of nitrogens with one attached hydrogen (secondary N) is 1. The van der Waals surface area contributed by atoms with Gasteiger partial charge >= 0.3 is 0 Å². The van der Waals surface area contributed by atoms with Crippen LogP contribution in [0.4, 0.5) is 5.82 Å². The van der Waals surface area contributed by atoms with Crippen LogP contribution in [-0.4, -0.2) is 25.2 Å². The summed E-state index contributed by atoms with van der Waals surface area (Å²) < 4.78 is 3.34. The summed E-state index contributed by atoms with van der Waals surface area (Å²) in [6.45, 7) is 3.01. The monoisotopic (exact) mass is 461 g/mol. The van der Waals surface area contributed by atoms with Crippen molar-refractivity contribution in [3.05, 3.63) is 74.8 Å². The minimum Gasteiger partial charge on any atom is -0.311 e. The molecular formula is C25H27N5O2S. The fourth-order valence-electron chi connectivity index (χ4n) is 4.39. The summed E-state index contributed by atoms with van der Waals surface area (Å²) in [5.41, 5.74) is 3.55. The van der Waals surface area contributed by atoms with E-state index < -0.39 is 0 Å². The number of carbonyl (C=O) groups excluding carboxylic acids is 1. The van der Waals surface area contributed by atoms with Crippen LogP contribution in [0.15, 0.2) is 47.7 Å². The van der Waals surface area contributed by atoms with Crippen molar-refractivity contribution in [2.24, 2.45) is 0 Å². The van der Waals surface area contributed by atoms with Crippen molar-refractivity contribution in [3.8, 4) is 0 Å². The molecule has 0 fully saturated rings. The van der Waals surface area contributed by atoms with Crippen molar-refractivity contribution in [3.63, 3.8) is 0 Å². The molecule has 1 aliphatic carbocycles. The van der Waals surface area contributed by atoms with Crippen molar-refractivity contribution < 1.29 is 4.79 Å². The van der Waals surface area contributed by atoms with Gasteiger partial charge in [-0.05, 0) is 48.8 Å². The molecule has 0 unspecified atom stereocenters. The minimum absolute atomic E-state index is 0.0345. The number of hydrogen-bond donors (Lipinski definition) is 1. The molecule has 1 amide bonds. The molecule has 7 nitrogen and oxygen atoms in total. The first kappa shape index (κ1) is 21.6. The molecule has 0 spiro atoms. The number of aromatic nitrogens is 4. The third-order valence-electron chi connectivity index (χ3n) is 6.27. The van der Waals surface area contributed by atoms with Crippen LogP contribution in [0.25, 0.3) is 10.2 Å². The van der Waals surface area contributed by atoms with E-state index in [1.165, 1.54) is 22.4 Å². The van der Waals surface area contributed by atoms with Crippen LogP contribution in [-0.2, 0) is 37.1 Å². The number of hydrogen-bond acceptors (Lipinski definition) is 5. The van der Waals surface area contributed by atoms with Gasteiger partial charge in [0.05, 0.1) is 24.5 Å². The van der Waals surface area contributed by atoms with Crippen molar-refractivity contribution in [1.82, 2.24) is 19.3 Å². The van der Waals surface area contributed by atoms with Crippen LogP contribution in [0, 0.1) is 0 Å². The van der Waals surface area contributed by atoms with E-state index in [4.69, 9.17) is 0 Å². The predicted molar refractivity (Wildman–Crippen MR) is 131 cm³/mol. The van der Waals surface area contributed by atoms with Crippen molar-refractivity contribution in [2.75, 3.05) is 5.32 Å². The number of aryl methyl sites for hydroxylation is 4. The number of fused-ring (bicyclic) bond motifs is 3. The molecule has 0 radical (unpaired) electrons. The predicted octanol–water partition coefficient (Wildman–Crippen LogP) is 4.17. The van der Waals surface area contributed by atoms with Crippen LogP contribution in [0.3, 0.4) is 0 Å². The Morgan fingerprint density at radius 1 is 1.12 bits per heavy atom. The standard InChI is InChI=1S/C25H27N5O2S/c1-2-17-7-9-18(10-8-17)15-30-21(11-13-27-30)28-22(31)12-14-29-16-26-24-23(25(29)32)19-5-3-4-6-20(19)33-24/h7-11,13,16H,2-6,12,14-15H2,1H3,(H,28,31). The highest BCUT2D eigenvalue weighted by atomic mass is 32.1. The molecule has 8 heteroatoms. The van der Waals surface area contributed by atoms with Gasteiger partial charge in [-0.1, -0.05) is 31.2 Å². The van der Waals surface area contributed by atoms with Gasteiger partial charge in [0.15, 0.2) is 0 Å². The number of carbonyl (C=O) groups is 1. The Labute approximate surface area is 196 Å². The van der Waals surface area contributed by atoms with E-state index in [0.717, 1.165) is 41.5 Å². The second-order valence-corrected chi connectivity index (χ2v) is 9.56. The summed E-state index contributed by atoms with van der Waals surface area (Å²) >= 11 is 1.64. The maximum Gasteiger partial charge on any atom is 0.262 e. The van der Waals surface area contributed by atoms with Gasteiger partial charge in [0.2, 0.25) is 5.91 Å². The van der Waals surface area contributed by atoms with Gasteiger partial charge in [0, 0.05) is 23.9 Å². The van der Waals surface area contributed by atoms with E-state index in [0.29, 0.717) is 18.9 Å². The van der Waals surface area contributed by atoms with Gasteiger partial charge in [-0.3, -0.25) is 14.2 Å². The zero-order valence-corrected chi connectivity index (χ0v) is 19.5. The van der Waals surface area contributed by atoms with E-state index in [1.807, 2.05) is 0 Å². The Morgan fingerprint density at radius 2 is 1.91 bits per heavy atom. The second kappa shape index (κ2) is 9.31. The summed E-state index contributed by atoms with van der Waals surface area (Å²) in [4.78, 5) is 32.4. The van der Waals surface area contributed by atoms with Crippen LogP contribution >= 0.6 is 11.3 Å². The third kappa shape index (κ3) is 4.48. The number of rotatable bonds is 7. The van der Waals surface area contributed by atoms with Crippen LogP contribution in [0.1, 0.15) is 47.8 Å². The molecular weight excluding hydrogens is 434 g/mol. The summed E-state index contributed by atoms with van der Waals surface area (Å²) in [6.07, 6.45) is 8.72. The number of anilines is 1. The molecule has 3 heterocycles. The van der Waals surface area contributed by atoms with Crippen LogP contribution in [0.2, 0.25) is 0 Å². The summed E-state index contributed by atoms with van der Waals surface area (Å²) in [7, 11) is 0. The Kier molecular flexibility index (Phi) is 6.09. The Hall–Kier alpha value is -3.26. The number of amides is 1. The fourth-order valence-corrected chi connectivity index (χ4v) is 5.61. The molecule has 1 aromatic carbocycles. The molecule has 0 saturated carbocycles. The largest absolute Gasteiger partial charge is 0.311 e. The maximum absolute atomic E-state index is 13.1.